The fourth-order valence-corrected chi connectivity index (χ4v) is 2.01. The molecule has 0 fully saturated rings. The van der Waals surface area contributed by atoms with E-state index in [2.05, 4.69) is 5.32 Å². The first kappa shape index (κ1) is 12.9. The third kappa shape index (κ3) is 3.00. The number of halogens is 1. The first-order chi connectivity index (χ1) is 8.56. The number of aryl methyl sites for hydroxylation is 1. The molecule has 0 atom stereocenters. The highest BCUT2D eigenvalue weighted by Gasteiger charge is 2.01. The second-order valence-electron chi connectivity index (χ2n) is 4.05. The van der Waals surface area contributed by atoms with Gasteiger partial charge < -0.3 is 11.1 Å². The van der Waals surface area contributed by atoms with E-state index in [0.29, 0.717) is 10.0 Å². The molecule has 2 nitrogen and oxygen atoms in total. The van der Waals surface area contributed by atoms with Crippen molar-refractivity contribution >= 4 is 40.2 Å². The van der Waals surface area contributed by atoms with Gasteiger partial charge in [-0.05, 0) is 48.9 Å². The normalized spacial score (nSPS) is 10.1. The molecule has 0 spiro atoms. The van der Waals surface area contributed by atoms with Gasteiger partial charge in [-0.1, -0.05) is 29.9 Å². The topological polar surface area (TPSA) is 38.0 Å². The van der Waals surface area contributed by atoms with Gasteiger partial charge in [0.2, 0.25) is 0 Å². The summed E-state index contributed by atoms with van der Waals surface area (Å²) >= 11 is 11.1. The fraction of sp³-hybridized carbons (Fsp3) is 0.0714. The summed E-state index contributed by atoms with van der Waals surface area (Å²) in [4.78, 5) is 0.398. The van der Waals surface area contributed by atoms with E-state index in [4.69, 9.17) is 29.6 Å². The number of hydrogen-bond acceptors (Lipinski definition) is 2. The van der Waals surface area contributed by atoms with Crippen LogP contribution in [0.2, 0.25) is 5.02 Å². The summed E-state index contributed by atoms with van der Waals surface area (Å²) < 4.78 is 0. The average Bonchev–Trinajstić information content (AvgIpc) is 2.33. The van der Waals surface area contributed by atoms with Crippen molar-refractivity contribution in [1.82, 2.24) is 0 Å². The van der Waals surface area contributed by atoms with Crippen LogP contribution in [0.25, 0.3) is 0 Å². The molecular formula is C14H13ClN2S. The van der Waals surface area contributed by atoms with Gasteiger partial charge in [0.25, 0.3) is 0 Å². The molecule has 0 saturated carbocycles. The van der Waals surface area contributed by atoms with E-state index in [1.54, 1.807) is 0 Å². The number of anilines is 2. The summed E-state index contributed by atoms with van der Waals surface area (Å²) in [6.45, 7) is 2.01. The van der Waals surface area contributed by atoms with Crippen molar-refractivity contribution in [1.29, 1.82) is 0 Å². The molecule has 18 heavy (non-hydrogen) atoms. The van der Waals surface area contributed by atoms with Crippen LogP contribution in [0, 0.1) is 6.92 Å². The van der Waals surface area contributed by atoms with Crippen LogP contribution in [0.5, 0.6) is 0 Å². The molecule has 0 bridgehead atoms. The summed E-state index contributed by atoms with van der Waals surface area (Å²) in [6.07, 6.45) is 0. The maximum Gasteiger partial charge on any atom is 0.103 e. The zero-order chi connectivity index (χ0) is 13.1. The molecule has 2 rings (SSSR count). The SMILES string of the molecule is Cc1ccc(Nc2ccc(C(N)=S)cc2)c(Cl)c1. The highest BCUT2D eigenvalue weighted by Crippen LogP contribution is 2.26. The van der Waals surface area contributed by atoms with Crippen LogP contribution in [-0.2, 0) is 0 Å². The second-order valence-corrected chi connectivity index (χ2v) is 4.90. The lowest BCUT2D eigenvalue weighted by atomic mass is 10.2. The van der Waals surface area contributed by atoms with Crippen LogP contribution in [0.3, 0.4) is 0 Å². The number of nitrogens with one attached hydrogen (secondary N) is 1. The van der Waals surface area contributed by atoms with E-state index in [0.717, 1.165) is 22.5 Å². The largest absolute Gasteiger partial charge is 0.389 e. The molecule has 0 aliphatic carbocycles. The zero-order valence-corrected chi connectivity index (χ0v) is 11.5. The number of benzene rings is 2. The van der Waals surface area contributed by atoms with Gasteiger partial charge in [0, 0.05) is 11.3 Å². The minimum absolute atomic E-state index is 0.398. The quantitative estimate of drug-likeness (QED) is 0.832. The second kappa shape index (κ2) is 5.38. The minimum Gasteiger partial charge on any atom is -0.389 e. The van der Waals surface area contributed by atoms with Crippen LogP contribution < -0.4 is 11.1 Å². The Morgan fingerprint density at radius 2 is 1.83 bits per heavy atom. The lowest BCUT2D eigenvalue weighted by molar-refractivity contribution is 1.45. The van der Waals surface area contributed by atoms with Crippen molar-refractivity contribution < 1.29 is 0 Å². The van der Waals surface area contributed by atoms with E-state index in [1.807, 2.05) is 49.4 Å². The molecule has 2 aromatic carbocycles. The Morgan fingerprint density at radius 1 is 1.17 bits per heavy atom. The van der Waals surface area contributed by atoms with E-state index in [9.17, 15) is 0 Å². The minimum atomic E-state index is 0.398. The molecular weight excluding hydrogens is 264 g/mol. The van der Waals surface area contributed by atoms with Crippen LogP contribution in [0.15, 0.2) is 42.5 Å². The van der Waals surface area contributed by atoms with E-state index < -0.39 is 0 Å². The summed E-state index contributed by atoms with van der Waals surface area (Å²) in [6, 6.07) is 13.5. The summed E-state index contributed by atoms with van der Waals surface area (Å²) in [5.41, 5.74) is 9.36. The summed E-state index contributed by atoms with van der Waals surface area (Å²) in [5.74, 6) is 0. The van der Waals surface area contributed by atoms with E-state index >= 15 is 0 Å². The van der Waals surface area contributed by atoms with Crippen LogP contribution in [-0.4, -0.2) is 4.99 Å². The van der Waals surface area contributed by atoms with Crippen LogP contribution in [0.4, 0.5) is 11.4 Å². The Bertz CT molecular complexity index is 579. The molecule has 3 N–H and O–H groups in total. The maximum atomic E-state index is 6.16. The highest BCUT2D eigenvalue weighted by atomic mass is 35.5. The molecule has 0 radical (unpaired) electrons. The summed E-state index contributed by atoms with van der Waals surface area (Å²) in [7, 11) is 0. The van der Waals surface area contributed by atoms with Gasteiger partial charge in [-0.2, -0.15) is 0 Å². The Hall–Kier alpha value is -1.58. The molecule has 0 aromatic heterocycles. The number of hydrogen-bond donors (Lipinski definition) is 2. The standard InChI is InChI=1S/C14H13ClN2S/c1-9-2-7-13(12(15)8-9)17-11-5-3-10(4-6-11)14(16)18/h2-8,17H,1H3,(H2,16,18). The van der Waals surface area contributed by atoms with Gasteiger partial charge in [-0.3, -0.25) is 0 Å². The molecule has 0 unspecified atom stereocenters. The smallest absolute Gasteiger partial charge is 0.103 e. The van der Waals surface area contributed by atoms with Crippen molar-refractivity contribution in [3.05, 3.63) is 58.6 Å². The van der Waals surface area contributed by atoms with E-state index in [-0.39, 0.29) is 0 Å². The molecule has 0 saturated heterocycles. The molecule has 4 heteroatoms. The third-order valence-corrected chi connectivity index (χ3v) is 3.12. The Kier molecular flexibility index (Phi) is 3.84. The first-order valence-electron chi connectivity index (χ1n) is 5.49. The van der Waals surface area contributed by atoms with Crippen molar-refractivity contribution in [2.75, 3.05) is 5.32 Å². The number of thiocarbonyl (C=S) groups is 1. The van der Waals surface area contributed by atoms with Crippen LogP contribution in [0.1, 0.15) is 11.1 Å². The molecule has 0 aliphatic heterocycles. The number of rotatable bonds is 3. The molecule has 2 aromatic rings. The van der Waals surface area contributed by atoms with Gasteiger partial charge in [-0.25, -0.2) is 0 Å². The summed E-state index contributed by atoms with van der Waals surface area (Å²) in [5, 5.41) is 3.95. The number of nitrogens with two attached hydrogens (primary N) is 1. The Balaban J connectivity index is 2.21. The zero-order valence-electron chi connectivity index (χ0n) is 9.91. The monoisotopic (exact) mass is 276 g/mol. The van der Waals surface area contributed by atoms with Gasteiger partial charge in [0.05, 0.1) is 10.7 Å². The first-order valence-corrected chi connectivity index (χ1v) is 6.28. The van der Waals surface area contributed by atoms with Gasteiger partial charge in [-0.15, -0.1) is 0 Å². The van der Waals surface area contributed by atoms with Crippen molar-refractivity contribution in [2.45, 2.75) is 6.92 Å². The molecule has 0 amide bonds. The molecule has 0 heterocycles. The predicted octanol–water partition coefficient (Wildman–Crippen LogP) is 4.03. The Labute approximate surface area is 117 Å². The fourth-order valence-electron chi connectivity index (χ4n) is 1.59. The molecule has 92 valence electrons. The third-order valence-electron chi connectivity index (χ3n) is 2.57. The predicted molar refractivity (Wildman–Crippen MR) is 81.8 cm³/mol. The van der Waals surface area contributed by atoms with Crippen LogP contribution >= 0.6 is 23.8 Å². The van der Waals surface area contributed by atoms with Gasteiger partial charge in [0.15, 0.2) is 0 Å². The Morgan fingerprint density at radius 3 is 2.39 bits per heavy atom. The lowest BCUT2D eigenvalue weighted by Crippen LogP contribution is -2.08. The van der Waals surface area contributed by atoms with Crippen molar-refractivity contribution in [2.24, 2.45) is 5.73 Å². The molecule has 0 aliphatic rings. The van der Waals surface area contributed by atoms with Gasteiger partial charge >= 0.3 is 0 Å². The van der Waals surface area contributed by atoms with E-state index in [1.165, 1.54) is 0 Å². The maximum absolute atomic E-state index is 6.16. The lowest BCUT2D eigenvalue weighted by Gasteiger charge is -2.09. The van der Waals surface area contributed by atoms with Crippen molar-refractivity contribution in [3.63, 3.8) is 0 Å². The van der Waals surface area contributed by atoms with Gasteiger partial charge in [0.1, 0.15) is 4.99 Å². The van der Waals surface area contributed by atoms with Crippen molar-refractivity contribution in [3.8, 4) is 0 Å². The average molecular weight is 277 g/mol. The highest BCUT2D eigenvalue weighted by molar-refractivity contribution is 7.80.